The van der Waals surface area contributed by atoms with Gasteiger partial charge in [0.2, 0.25) is 0 Å². The van der Waals surface area contributed by atoms with Crippen molar-refractivity contribution in [1.29, 1.82) is 0 Å². The maximum atomic E-state index is 12.2. The van der Waals surface area contributed by atoms with Gasteiger partial charge in [0.25, 0.3) is 0 Å². The molecule has 23 heavy (non-hydrogen) atoms. The molecule has 7 heteroatoms. The number of fused-ring (bicyclic) bond motifs is 2. The van der Waals surface area contributed by atoms with Gasteiger partial charge in [-0.25, -0.2) is 9.59 Å². The Balaban J connectivity index is 1.67. The number of carboxylic acids is 1. The molecule has 2 atom stereocenters. The fourth-order valence-electron chi connectivity index (χ4n) is 4.10. The largest absolute Gasteiger partial charge is 0.477 e. The quantitative estimate of drug-likeness (QED) is 0.799. The minimum absolute atomic E-state index is 0.114. The van der Waals surface area contributed by atoms with E-state index in [0.29, 0.717) is 13.1 Å². The van der Waals surface area contributed by atoms with E-state index >= 15 is 0 Å². The number of aliphatic carboxylic acids is 1. The van der Waals surface area contributed by atoms with Crippen LogP contribution in [-0.2, 0) is 14.4 Å². The lowest BCUT2D eigenvalue weighted by Gasteiger charge is -2.42. The molecule has 1 saturated carbocycles. The van der Waals surface area contributed by atoms with Crippen LogP contribution in [0.5, 0.6) is 0 Å². The number of hydrogen-bond donors (Lipinski definition) is 1. The molecule has 0 aromatic carbocycles. The molecular formula is C16H24N2O5. The van der Waals surface area contributed by atoms with Crippen molar-refractivity contribution in [3.8, 4) is 0 Å². The predicted molar refractivity (Wildman–Crippen MR) is 82.1 cm³/mol. The van der Waals surface area contributed by atoms with Crippen LogP contribution in [0.25, 0.3) is 0 Å². The molecular weight excluding hydrogens is 300 g/mol. The molecule has 128 valence electrons. The zero-order chi connectivity index (χ0) is 16.8. The Morgan fingerprint density at radius 1 is 1.30 bits per heavy atom. The summed E-state index contributed by atoms with van der Waals surface area (Å²) in [6.07, 6.45) is 2.88. The number of amides is 1. The van der Waals surface area contributed by atoms with Crippen molar-refractivity contribution in [2.75, 3.05) is 13.1 Å². The van der Waals surface area contributed by atoms with E-state index in [1.165, 1.54) is 0 Å². The maximum Gasteiger partial charge on any atom is 0.410 e. The molecule has 1 amide bonds. The smallest absolute Gasteiger partial charge is 0.410 e. The minimum Gasteiger partial charge on any atom is -0.477 e. The van der Waals surface area contributed by atoms with Crippen molar-refractivity contribution < 1.29 is 24.3 Å². The molecule has 0 bridgehead atoms. The zero-order valence-corrected chi connectivity index (χ0v) is 13.9. The van der Waals surface area contributed by atoms with E-state index in [4.69, 9.17) is 9.57 Å². The normalized spacial score (nSPS) is 29.0. The summed E-state index contributed by atoms with van der Waals surface area (Å²) in [5.74, 6) is -1.14. The standard InChI is InChI=1S/C16H24N2O5/c1-15(2,3)22-14(21)18-8-6-16(7-9-18)5-4-10-11(16)12(13(19)20)17-23-10/h10-11H,4-9H2,1-3H3,(H,19,20). The second-order valence-electron chi connectivity index (χ2n) is 7.77. The molecule has 3 rings (SSSR count). The van der Waals surface area contributed by atoms with Crippen LogP contribution in [0, 0.1) is 11.3 Å². The second kappa shape index (κ2) is 5.39. The van der Waals surface area contributed by atoms with Crippen molar-refractivity contribution in [2.24, 2.45) is 16.5 Å². The Morgan fingerprint density at radius 3 is 2.52 bits per heavy atom. The third-order valence-electron chi connectivity index (χ3n) is 5.17. The van der Waals surface area contributed by atoms with Crippen LogP contribution in [0.3, 0.4) is 0 Å². The van der Waals surface area contributed by atoms with Gasteiger partial charge in [-0.2, -0.15) is 0 Å². The molecule has 2 aliphatic heterocycles. The van der Waals surface area contributed by atoms with Gasteiger partial charge in [-0.15, -0.1) is 0 Å². The van der Waals surface area contributed by atoms with E-state index < -0.39 is 11.6 Å². The van der Waals surface area contributed by atoms with Gasteiger partial charge in [0.1, 0.15) is 11.7 Å². The number of oxime groups is 1. The molecule has 1 saturated heterocycles. The fraction of sp³-hybridized carbons (Fsp3) is 0.812. The van der Waals surface area contributed by atoms with Gasteiger partial charge in [0.15, 0.2) is 5.71 Å². The zero-order valence-electron chi connectivity index (χ0n) is 13.9. The monoisotopic (exact) mass is 324 g/mol. The lowest BCUT2D eigenvalue weighted by atomic mass is 9.68. The molecule has 2 unspecified atom stereocenters. The summed E-state index contributed by atoms with van der Waals surface area (Å²) in [5, 5.41) is 13.1. The molecule has 2 heterocycles. The van der Waals surface area contributed by atoms with Gasteiger partial charge in [-0.05, 0) is 51.9 Å². The lowest BCUT2D eigenvalue weighted by Crippen LogP contribution is -2.48. The maximum absolute atomic E-state index is 12.2. The number of hydrogen-bond acceptors (Lipinski definition) is 5. The first kappa shape index (κ1) is 16.1. The Labute approximate surface area is 135 Å². The van der Waals surface area contributed by atoms with Crippen LogP contribution < -0.4 is 0 Å². The Kier molecular flexibility index (Phi) is 3.77. The predicted octanol–water partition coefficient (Wildman–Crippen LogP) is 2.25. The first-order valence-corrected chi connectivity index (χ1v) is 8.17. The van der Waals surface area contributed by atoms with Crippen molar-refractivity contribution in [3.05, 3.63) is 0 Å². The highest BCUT2D eigenvalue weighted by molar-refractivity contribution is 6.37. The van der Waals surface area contributed by atoms with Gasteiger partial charge in [-0.1, -0.05) is 5.16 Å². The first-order valence-electron chi connectivity index (χ1n) is 8.17. The van der Waals surface area contributed by atoms with Crippen LogP contribution in [0.15, 0.2) is 5.16 Å². The van der Waals surface area contributed by atoms with Gasteiger partial charge < -0.3 is 19.6 Å². The summed E-state index contributed by atoms with van der Waals surface area (Å²) in [5.41, 5.74) is -0.470. The van der Waals surface area contributed by atoms with E-state index in [1.807, 2.05) is 20.8 Å². The average molecular weight is 324 g/mol. The number of nitrogens with zero attached hydrogens (tertiary/aromatic N) is 2. The summed E-state index contributed by atoms with van der Waals surface area (Å²) in [4.78, 5) is 30.6. The van der Waals surface area contributed by atoms with E-state index in [2.05, 4.69) is 5.16 Å². The minimum atomic E-state index is -0.992. The Morgan fingerprint density at radius 2 is 1.96 bits per heavy atom. The van der Waals surface area contributed by atoms with Gasteiger partial charge in [0.05, 0.1) is 5.92 Å². The van der Waals surface area contributed by atoms with Crippen molar-refractivity contribution in [1.82, 2.24) is 4.90 Å². The highest BCUT2D eigenvalue weighted by Crippen LogP contribution is 2.54. The highest BCUT2D eigenvalue weighted by Gasteiger charge is 2.57. The van der Waals surface area contributed by atoms with E-state index in [1.54, 1.807) is 4.90 Å². The number of piperidine rings is 1. The van der Waals surface area contributed by atoms with Crippen molar-refractivity contribution in [3.63, 3.8) is 0 Å². The number of carbonyl (C=O) groups is 2. The molecule has 0 radical (unpaired) electrons. The third-order valence-corrected chi connectivity index (χ3v) is 5.17. The van der Waals surface area contributed by atoms with Crippen LogP contribution in [-0.4, -0.2) is 52.6 Å². The van der Waals surface area contributed by atoms with E-state index in [0.717, 1.165) is 25.7 Å². The third kappa shape index (κ3) is 2.88. The number of ether oxygens (including phenoxy) is 1. The van der Waals surface area contributed by atoms with Gasteiger partial charge >= 0.3 is 12.1 Å². The summed E-state index contributed by atoms with van der Waals surface area (Å²) in [6.45, 7) is 6.73. The summed E-state index contributed by atoms with van der Waals surface area (Å²) in [7, 11) is 0. The summed E-state index contributed by atoms with van der Waals surface area (Å²) in [6, 6.07) is 0. The van der Waals surface area contributed by atoms with Crippen molar-refractivity contribution in [2.45, 2.75) is 58.2 Å². The summed E-state index contributed by atoms with van der Waals surface area (Å²) >= 11 is 0. The molecule has 0 aromatic heterocycles. The topological polar surface area (TPSA) is 88.4 Å². The first-order chi connectivity index (χ1) is 10.7. The molecule has 1 N–H and O–H groups in total. The van der Waals surface area contributed by atoms with Crippen LogP contribution in [0.4, 0.5) is 4.79 Å². The fourth-order valence-corrected chi connectivity index (χ4v) is 4.10. The number of carbonyl (C=O) groups excluding carboxylic acids is 1. The lowest BCUT2D eigenvalue weighted by molar-refractivity contribution is -0.129. The second-order valence-corrected chi connectivity index (χ2v) is 7.77. The number of carboxylic acid groups (broad SMARTS) is 1. The molecule has 3 aliphatic rings. The van der Waals surface area contributed by atoms with Gasteiger partial charge in [0, 0.05) is 13.1 Å². The van der Waals surface area contributed by atoms with Crippen LogP contribution in [0.1, 0.15) is 46.5 Å². The molecule has 1 aliphatic carbocycles. The molecule has 7 nitrogen and oxygen atoms in total. The average Bonchev–Trinajstić information content (AvgIpc) is 3.00. The van der Waals surface area contributed by atoms with Crippen LogP contribution in [0.2, 0.25) is 0 Å². The molecule has 1 spiro atoms. The Hall–Kier alpha value is -1.79. The number of rotatable bonds is 1. The highest BCUT2D eigenvalue weighted by atomic mass is 16.6. The van der Waals surface area contributed by atoms with E-state index in [-0.39, 0.29) is 29.2 Å². The number of likely N-dealkylation sites (tertiary alicyclic amines) is 1. The molecule has 0 aromatic rings. The Bertz CT molecular complexity index is 543. The van der Waals surface area contributed by atoms with Crippen molar-refractivity contribution >= 4 is 17.8 Å². The van der Waals surface area contributed by atoms with Crippen LogP contribution >= 0.6 is 0 Å². The summed E-state index contributed by atoms with van der Waals surface area (Å²) < 4.78 is 5.42. The van der Waals surface area contributed by atoms with E-state index in [9.17, 15) is 14.7 Å². The van der Waals surface area contributed by atoms with Gasteiger partial charge in [-0.3, -0.25) is 0 Å². The SMILES string of the molecule is CC(C)(C)OC(=O)N1CCC2(CCC3ON=C(C(=O)O)C32)CC1. The molecule has 2 fully saturated rings.